The van der Waals surface area contributed by atoms with Gasteiger partial charge in [-0.05, 0) is 18.6 Å². The van der Waals surface area contributed by atoms with Gasteiger partial charge in [0.05, 0.1) is 5.39 Å². The van der Waals surface area contributed by atoms with Crippen molar-refractivity contribution in [3.05, 3.63) is 69.9 Å². The van der Waals surface area contributed by atoms with Gasteiger partial charge in [-0.25, -0.2) is 0 Å². The molecule has 0 aliphatic heterocycles. The van der Waals surface area contributed by atoms with Gasteiger partial charge in [-0.1, -0.05) is 52.3 Å². The SMILES string of the molecule is Cc1cc(CBr)c2oc(-c3ccccc3)cc(=O)c2c1. The van der Waals surface area contributed by atoms with E-state index in [1.54, 1.807) is 6.07 Å². The maximum Gasteiger partial charge on any atom is 0.193 e. The smallest absolute Gasteiger partial charge is 0.193 e. The van der Waals surface area contributed by atoms with Crippen molar-refractivity contribution in [2.45, 2.75) is 12.3 Å². The molecule has 1 heterocycles. The Morgan fingerprint density at radius 3 is 2.55 bits per heavy atom. The third-order valence-electron chi connectivity index (χ3n) is 3.25. The van der Waals surface area contributed by atoms with Crippen LogP contribution in [0.25, 0.3) is 22.3 Å². The van der Waals surface area contributed by atoms with E-state index < -0.39 is 0 Å². The fourth-order valence-electron chi connectivity index (χ4n) is 2.33. The van der Waals surface area contributed by atoms with Crippen molar-refractivity contribution in [3.63, 3.8) is 0 Å². The molecule has 2 nitrogen and oxygen atoms in total. The average Bonchev–Trinajstić information content (AvgIpc) is 2.48. The van der Waals surface area contributed by atoms with Crippen molar-refractivity contribution >= 4 is 26.9 Å². The summed E-state index contributed by atoms with van der Waals surface area (Å²) in [4.78, 5) is 12.3. The van der Waals surface area contributed by atoms with Crippen molar-refractivity contribution in [2.75, 3.05) is 0 Å². The highest BCUT2D eigenvalue weighted by atomic mass is 79.9. The van der Waals surface area contributed by atoms with Crippen LogP contribution in [0.4, 0.5) is 0 Å². The molecule has 0 atom stereocenters. The molecule has 0 aliphatic carbocycles. The normalized spacial score (nSPS) is 10.9. The molecule has 0 fully saturated rings. The number of rotatable bonds is 2. The van der Waals surface area contributed by atoms with Crippen LogP contribution in [0.2, 0.25) is 0 Å². The summed E-state index contributed by atoms with van der Waals surface area (Å²) in [5.41, 5.74) is 3.63. The first-order valence-corrected chi connectivity index (χ1v) is 7.50. The number of hydrogen-bond donors (Lipinski definition) is 0. The number of aryl methyl sites for hydroxylation is 1. The minimum Gasteiger partial charge on any atom is -0.455 e. The number of benzene rings is 2. The molecule has 1 aromatic heterocycles. The molecule has 3 heteroatoms. The second-order valence-corrected chi connectivity index (χ2v) is 5.34. The lowest BCUT2D eigenvalue weighted by atomic mass is 10.1. The lowest BCUT2D eigenvalue weighted by Gasteiger charge is -2.07. The van der Waals surface area contributed by atoms with Gasteiger partial charge in [0.2, 0.25) is 0 Å². The van der Waals surface area contributed by atoms with E-state index in [1.807, 2.05) is 49.4 Å². The van der Waals surface area contributed by atoms with Crippen LogP contribution < -0.4 is 5.43 Å². The summed E-state index contributed by atoms with van der Waals surface area (Å²) in [7, 11) is 0. The van der Waals surface area contributed by atoms with Gasteiger partial charge in [-0.15, -0.1) is 0 Å². The third kappa shape index (κ3) is 2.29. The summed E-state index contributed by atoms with van der Waals surface area (Å²) >= 11 is 3.46. The van der Waals surface area contributed by atoms with E-state index in [9.17, 15) is 4.79 Å². The van der Waals surface area contributed by atoms with Crippen LogP contribution in [-0.2, 0) is 5.33 Å². The van der Waals surface area contributed by atoms with Crippen LogP contribution in [0.5, 0.6) is 0 Å². The molecular formula is C17H13BrO2. The zero-order valence-corrected chi connectivity index (χ0v) is 12.6. The van der Waals surface area contributed by atoms with E-state index in [2.05, 4.69) is 15.9 Å². The van der Waals surface area contributed by atoms with Gasteiger partial charge >= 0.3 is 0 Å². The van der Waals surface area contributed by atoms with Crippen molar-refractivity contribution in [1.29, 1.82) is 0 Å². The minimum absolute atomic E-state index is 0.00370. The second-order valence-electron chi connectivity index (χ2n) is 4.78. The molecule has 0 saturated heterocycles. The summed E-state index contributed by atoms with van der Waals surface area (Å²) in [6.07, 6.45) is 0. The molecule has 0 bridgehead atoms. The Morgan fingerprint density at radius 2 is 1.85 bits per heavy atom. The molecule has 2 aromatic carbocycles. The third-order valence-corrected chi connectivity index (χ3v) is 3.86. The molecule has 3 rings (SSSR count). The van der Waals surface area contributed by atoms with E-state index in [-0.39, 0.29) is 5.43 Å². The van der Waals surface area contributed by atoms with Crippen LogP contribution >= 0.6 is 15.9 Å². The quantitative estimate of drug-likeness (QED) is 0.640. The predicted octanol–water partition coefficient (Wildman–Crippen LogP) is 4.66. The lowest BCUT2D eigenvalue weighted by Crippen LogP contribution is -2.02. The Labute approximate surface area is 125 Å². The minimum atomic E-state index is -0.00370. The van der Waals surface area contributed by atoms with Crippen molar-refractivity contribution in [3.8, 4) is 11.3 Å². The van der Waals surface area contributed by atoms with Crippen LogP contribution in [0.3, 0.4) is 0 Å². The number of halogens is 1. The van der Waals surface area contributed by atoms with E-state index in [0.29, 0.717) is 22.1 Å². The topological polar surface area (TPSA) is 30.2 Å². The van der Waals surface area contributed by atoms with E-state index in [0.717, 1.165) is 16.7 Å². The molecule has 0 unspecified atom stereocenters. The van der Waals surface area contributed by atoms with Gasteiger partial charge in [-0.2, -0.15) is 0 Å². The summed E-state index contributed by atoms with van der Waals surface area (Å²) in [5, 5.41) is 1.30. The monoisotopic (exact) mass is 328 g/mol. The summed E-state index contributed by atoms with van der Waals surface area (Å²) in [6, 6.07) is 15.2. The lowest BCUT2D eigenvalue weighted by molar-refractivity contribution is 0.616. The highest BCUT2D eigenvalue weighted by molar-refractivity contribution is 9.08. The number of alkyl halides is 1. The maximum atomic E-state index is 12.3. The van der Waals surface area contributed by atoms with E-state index >= 15 is 0 Å². The van der Waals surface area contributed by atoms with Crippen LogP contribution in [0, 0.1) is 6.92 Å². The van der Waals surface area contributed by atoms with E-state index in [1.165, 1.54) is 0 Å². The fourth-order valence-corrected chi connectivity index (χ4v) is 2.75. The van der Waals surface area contributed by atoms with Gasteiger partial charge in [0.15, 0.2) is 5.43 Å². The maximum absolute atomic E-state index is 12.3. The first-order chi connectivity index (χ1) is 9.69. The molecule has 100 valence electrons. The molecule has 0 N–H and O–H groups in total. The van der Waals surface area contributed by atoms with Gasteiger partial charge in [0, 0.05) is 22.5 Å². The molecular weight excluding hydrogens is 316 g/mol. The Morgan fingerprint density at radius 1 is 1.10 bits per heavy atom. The van der Waals surface area contributed by atoms with E-state index in [4.69, 9.17) is 4.42 Å². The fraction of sp³-hybridized carbons (Fsp3) is 0.118. The Hall–Kier alpha value is -1.87. The highest BCUT2D eigenvalue weighted by Gasteiger charge is 2.10. The van der Waals surface area contributed by atoms with Crippen molar-refractivity contribution < 1.29 is 4.42 Å². The Kier molecular flexibility index (Phi) is 3.45. The predicted molar refractivity (Wildman–Crippen MR) is 85.3 cm³/mol. The summed E-state index contributed by atoms with van der Waals surface area (Å²) < 4.78 is 5.98. The molecule has 3 aromatic rings. The molecule has 0 saturated carbocycles. The highest BCUT2D eigenvalue weighted by Crippen LogP contribution is 2.26. The Balaban J connectivity index is 2.34. The van der Waals surface area contributed by atoms with Gasteiger partial charge < -0.3 is 4.42 Å². The number of fused-ring (bicyclic) bond motifs is 1. The van der Waals surface area contributed by atoms with Crippen molar-refractivity contribution in [2.24, 2.45) is 0 Å². The zero-order chi connectivity index (χ0) is 14.1. The second kappa shape index (κ2) is 5.25. The zero-order valence-electron chi connectivity index (χ0n) is 11.0. The standard InChI is InChI=1S/C17H13BrO2/c1-11-7-13(10-18)17-14(8-11)15(19)9-16(20-17)12-5-3-2-4-6-12/h2-9H,10H2,1H3. The van der Waals surface area contributed by atoms with Gasteiger partial charge in [0.1, 0.15) is 11.3 Å². The molecule has 0 aliphatic rings. The Bertz CT molecular complexity index is 820. The first kappa shape index (κ1) is 13.1. The molecule has 20 heavy (non-hydrogen) atoms. The van der Waals surface area contributed by atoms with Gasteiger partial charge in [-0.3, -0.25) is 4.79 Å². The summed E-state index contributed by atoms with van der Waals surface area (Å²) in [6.45, 7) is 1.98. The average molecular weight is 329 g/mol. The van der Waals surface area contributed by atoms with Crippen LogP contribution in [0.15, 0.2) is 57.7 Å². The summed E-state index contributed by atoms with van der Waals surface area (Å²) in [5.74, 6) is 0.606. The van der Waals surface area contributed by atoms with Crippen LogP contribution in [0.1, 0.15) is 11.1 Å². The van der Waals surface area contributed by atoms with Crippen molar-refractivity contribution in [1.82, 2.24) is 0 Å². The largest absolute Gasteiger partial charge is 0.455 e. The molecule has 0 spiro atoms. The van der Waals surface area contributed by atoms with Gasteiger partial charge in [0.25, 0.3) is 0 Å². The molecule has 0 radical (unpaired) electrons. The van der Waals surface area contributed by atoms with Crippen LogP contribution in [-0.4, -0.2) is 0 Å². The first-order valence-electron chi connectivity index (χ1n) is 6.38. The number of hydrogen-bond acceptors (Lipinski definition) is 2. The molecule has 0 amide bonds.